The summed E-state index contributed by atoms with van der Waals surface area (Å²) in [6, 6.07) is 8.59. The normalized spacial score (nSPS) is 15.4. The number of nitrogens with zero attached hydrogens (tertiary/aromatic N) is 3. The van der Waals surface area contributed by atoms with Crippen molar-refractivity contribution in [3.8, 4) is 0 Å². The molecule has 1 aromatic carbocycles. The number of β-amino-alcohol motifs (C(OH)–C–C–N with tert-alkyl or cyclic N) is 1. The first-order chi connectivity index (χ1) is 12.6. The third kappa shape index (κ3) is 8.19. The zero-order valence-electron chi connectivity index (χ0n) is 16.7. The number of rotatable bonds is 9. The van der Waals surface area contributed by atoms with Crippen LogP contribution in [0.1, 0.15) is 30.9 Å². The average molecular weight is 486 g/mol. The van der Waals surface area contributed by atoms with Crippen LogP contribution in [0.5, 0.6) is 0 Å². The van der Waals surface area contributed by atoms with Gasteiger partial charge in [0.15, 0.2) is 5.96 Å². The number of halogens is 1. The number of aliphatic hydroxyl groups excluding tert-OH is 1. The second-order valence-electron chi connectivity index (χ2n) is 6.95. The van der Waals surface area contributed by atoms with Gasteiger partial charge in [-0.1, -0.05) is 30.3 Å². The first-order valence-corrected chi connectivity index (χ1v) is 9.71. The van der Waals surface area contributed by atoms with Crippen LogP contribution >= 0.6 is 24.0 Å². The molecule has 152 valence electrons. The Bertz CT molecular complexity index is 593. The summed E-state index contributed by atoms with van der Waals surface area (Å²) in [7, 11) is 2.04. The van der Waals surface area contributed by atoms with Gasteiger partial charge in [0.2, 0.25) is 0 Å². The summed E-state index contributed by atoms with van der Waals surface area (Å²) in [6.45, 7) is 10.6. The Labute approximate surface area is 181 Å². The number of guanidine groups is 1. The minimum Gasteiger partial charge on any atom is -0.390 e. The highest BCUT2D eigenvalue weighted by Crippen LogP contribution is 2.18. The molecule has 6 heteroatoms. The van der Waals surface area contributed by atoms with Crippen LogP contribution in [0.4, 0.5) is 0 Å². The largest absolute Gasteiger partial charge is 0.390 e. The van der Waals surface area contributed by atoms with E-state index in [2.05, 4.69) is 57.9 Å². The van der Waals surface area contributed by atoms with E-state index < -0.39 is 6.10 Å². The molecule has 0 saturated heterocycles. The molecule has 0 bridgehead atoms. The van der Waals surface area contributed by atoms with E-state index in [1.165, 1.54) is 11.1 Å². The van der Waals surface area contributed by atoms with Gasteiger partial charge in [-0.3, -0.25) is 9.89 Å². The lowest BCUT2D eigenvalue weighted by Gasteiger charge is -2.30. The number of aliphatic hydroxyl groups is 1. The quantitative estimate of drug-likeness (QED) is 0.185. The van der Waals surface area contributed by atoms with Gasteiger partial charge in [0, 0.05) is 39.8 Å². The molecule has 0 aliphatic carbocycles. The van der Waals surface area contributed by atoms with Crippen LogP contribution in [-0.4, -0.2) is 66.7 Å². The monoisotopic (exact) mass is 486 g/mol. The standard InChI is InChI=1S/C21H34N4O.HI/c1-4-6-9-13-24(3)21(22-5-2)23-15-20(26)17-25-14-12-18-10-7-8-11-19(18)16-25;/h4,7-8,10-11,20,26H,1,5-6,9,12-17H2,2-3H3,(H,22,23);1H. The van der Waals surface area contributed by atoms with Crippen LogP contribution in [0.2, 0.25) is 0 Å². The summed E-state index contributed by atoms with van der Waals surface area (Å²) >= 11 is 0. The van der Waals surface area contributed by atoms with Gasteiger partial charge in [0.25, 0.3) is 0 Å². The molecule has 0 saturated carbocycles. The molecule has 1 aromatic rings. The van der Waals surface area contributed by atoms with Crippen molar-refractivity contribution in [2.45, 2.75) is 38.8 Å². The molecule has 0 spiro atoms. The highest BCUT2D eigenvalue weighted by atomic mass is 127. The molecule has 27 heavy (non-hydrogen) atoms. The van der Waals surface area contributed by atoms with Gasteiger partial charge in [-0.2, -0.15) is 0 Å². The Morgan fingerprint density at radius 1 is 1.41 bits per heavy atom. The van der Waals surface area contributed by atoms with Crippen molar-refractivity contribution in [1.29, 1.82) is 0 Å². The van der Waals surface area contributed by atoms with E-state index in [4.69, 9.17) is 0 Å². The summed E-state index contributed by atoms with van der Waals surface area (Å²) in [6.07, 6.45) is 4.61. The van der Waals surface area contributed by atoms with E-state index in [1.807, 2.05) is 13.1 Å². The second-order valence-corrected chi connectivity index (χ2v) is 6.95. The molecule has 1 atom stereocenters. The molecular weight excluding hydrogens is 451 g/mol. The molecule has 5 nitrogen and oxygen atoms in total. The van der Waals surface area contributed by atoms with E-state index >= 15 is 0 Å². The van der Waals surface area contributed by atoms with Gasteiger partial charge >= 0.3 is 0 Å². The molecule has 1 aliphatic rings. The summed E-state index contributed by atoms with van der Waals surface area (Å²) in [5, 5.41) is 13.8. The van der Waals surface area contributed by atoms with Crippen molar-refractivity contribution < 1.29 is 5.11 Å². The first kappa shape index (κ1) is 23.9. The Morgan fingerprint density at radius 3 is 2.85 bits per heavy atom. The zero-order chi connectivity index (χ0) is 18.8. The van der Waals surface area contributed by atoms with Crippen molar-refractivity contribution in [3.05, 3.63) is 48.0 Å². The van der Waals surface area contributed by atoms with E-state index in [9.17, 15) is 5.11 Å². The van der Waals surface area contributed by atoms with Gasteiger partial charge in [-0.05, 0) is 37.3 Å². The SMILES string of the molecule is C=CCCCN(C)C(=NCC(O)CN1CCc2ccccc2C1)NCC.I. The number of hydrogen-bond donors (Lipinski definition) is 2. The number of aliphatic imine (C=N–C) groups is 1. The van der Waals surface area contributed by atoms with Crippen LogP contribution in [0.25, 0.3) is 0 Å². The average Bonchev–Trinajstić information content (AvgIpc) is 2.65. The van der Waals surface area contributed by atoms with Crippen molar-refractivity contribution in [1.82, 2.24) is 15.1 Å². The lowest BCUT2D eigenvalue weighted by molar-refractivity contribution is 0.111. The molecular formula is C21H35IN4O. The van der Waals surface area contributed by atoms with Gasteiger partial charge in [0.05, 0.1) is 12.6 Å². The van der Waals surface area contributed by atoms with Crippen molar-refractivity contribution in [2.24, 2.45) is 4.99 Å². The molecule has 1 aliphatic heterocycles. The first-order valence-electron chi connectivity index (χ1n) is 9.71. The number of benzene rings is 1. The number of nitrogens with one attached hydrogen (secondary N) is 1. The van der Waals surface area contributed by atoms with Crippen LogP contribution in [0, 0.1) is 0 Å². The lowest BCUT2D eigenvalue weighted by Crippen LogP contribution is -2.41. The fraction of sp³-hybridized carbons (Fsp3) is 0.571. The van der Waals surface area contributed by atoms with Crippen LogP contribution < -0.4 is 5.32 Å². The van der Waals surface area contributed by atoms with Crippen LogP contribution in [0.3, 0.4) is 0 Å². The maximum Gasteiger partial charge on any atom is 0.193 e. The fourth-order valence-corrected chi connectivity index (χ4v) is 3.31. The topological polar surface area (TPSA) is 51.1 Å². The molecule has 2 rings (SSSR count). The minimum atomic E-state index is -0.449. The number of allylic oxidation sites excluding steroid dienone is 1. The van der Waals surface area contributed by atoms with E-state index in [1.54, 1.807) is 0 Å². The van der Waals surface area contributed by atoms with Gasteiger partial charge in [-0.15, -0.1) is 30.6 Å². The molecule has 0 aromatic heterocycles. The highest BCUT2D eigenvalue weighted by molar-refractivity contribution is 14.0. The second kappa shape index (κ2) is 13.1. The van der Waals surface area contributed by atoms with Crippen molar-refractivity contribution in [2.75, 3.05) is 39.8 Å². The van der Waals surface area contributed by atoms with Crippen LogP contribution in [0.15, 0.2) is 41.9 Å². The smallest absolute Gasteiger partial charge is 0.193 e. The maximum absolute atomic E-state index is 10.5. The third-order valence-electron chi connectivity index (χ3n) is 4.73. The predicted octanol–water partition coefficient (Wildman–Crippen LogP) is 2.89. The van der Waals surface area contributed by atoms with Gasteiger partial charge in [0.1, 0.15) is 0 Å². The maximum atomic E-state index is 10.5. The highest BCUT2D eigenvalue weighted by Gasteiger charge is 2.18. The van der Waals surface area contributed by atoms with Gasteiger partial charge in [-0.25, -0.2) is 0 Å². The third-order valence-corrected chi connectivity index (χ3v) is 4.73. The molecule has 1 heterocycles. The summed E-state index contributed by atoms with van der Waals surface area (Å²) in [4.78, 5) is 9.08. The van der Waals surface area contributed by atoms with E-state index in [-0.39, 0.29) is 24.0 Å². The molecule has 2 N–H and O–H groups in total. The molecule has 0 amide bonds. The number of hydrogen-bond acceptors (Lipinski definition) is 3. The fourth-order valence-electron chi connectivity index (χ4n) is 3.31. The predicted molar refractivity (Wildman–Crippen MR) is 125 cm³/mol. The number of unbranched alkanes of at least 4 members (excludes halogenated alkanes) is 1. The molecule has 1 unspecified atom stereocenters. The Balaban J connectivity index is 0.00000364. The lowest BCUT2D eigenvalue weighted by atomic mass is 10.00. The Morgan fingerprint density at radius 2 is 2.15 bits per heavy atom. The summed E-state index contributed by atoms with van der Waals surface area (Å²) < 4.78 is 0. The van der Waals surface area contributed by atoms with Crippen molar-refractivity contribution in [3.63, 3.8) is 0 Å². The van der Waals surface area contributed by atoms with Crippen LogP contribution in [-0.2, 0) is 13.0 Å². The van der Waals surface area contributed by atoms with Gasteiger partial charge < -0.3 is 15.3 Å². The minimum absolute atomic E-state index is 0. The van der Waals surface area contributed by atoms with E-state index in [0.29, 0.717) is 13.1 Å². The Kier molecular flexibility index (Phi) is 11.6. The summed E-state index contributed by atoms with van der Waals surface area (Å²) in [5.41, 5.74) is 2.82. The number of fused-ring (bicyclic) bond motifs is 1. The molecule has 0 radical (unpaired) electrons. The Hall–Kier alpha value is -1.12. The van der Waals surface area contributed by atoms with Crippen molar-refractivity contribution >= 4 is 29.9 Å². The summed E-state index contributed by atoms with van der Waals surface area (Å²) in [5.74, 6) is 0.861. The molecule has 0 fully saturated rings. The zero-order valence-corrected chi connectivity index (χ0v) is 19.1. The van der Waals surface area contributed by atoms with E-state index in [0.717, 1.165) is 51.4 Å².